The van der Waals surface area contributed by atoms with E-state index in [1.165, 1.54) is 0 Å². The highest BCUT2D eigenvalue weighted by atomic mass is 32.1. The Morgan fingerprint density at radius 1 is 1.39 bits per heavy atom. The molecule has 92 valence electrons. The maximum absolute atomic E-state index is 13.6. The Hall–Kier alpha value is -1.84. The van der Waals surface area contributed by atoms with Gasteiger partial charge in [0.1, 0.15) is 28.3 Å². The van der Waals surface area contributed by atoms with Crippen LogP contribution in [0.15, 0.2) is 18.2 Å². The van der Waals surface area contributed by atoms with Crippen LogP contribution in [0.5, 0.6) is 0 Å². The molecule has 2 aromatic rings. The molecular weight excluding hydrogens is 256 g/mol. The van der Waals surface area contributed by atoms with Gasteiger partial charge in [-0.3, -0.25) is 0 Å². The number of rotatable bonds is 3. The topological polar surface area (TPSA) is 62.7 Å². The van der Waals surface area contributed by atoms with Gasteiger partial charge in [0.05, 0.1) is 5.01 Å². The third-order valence-corrected chi connectivity index (χ3v) is 3.33. The number of hydrogen-bond donors (Lipinski definition) is 1. The molecule has 0 aliphatic carbocycles. The number of thiazole rings is 1. The minimum absolute atomic E-state index is 0.00562. The van der Waals surface area contributed by atoms with Gasteiger partial charge in [0.15, 0.2) is 0 Å². The molecule has 1 aromatic heterocycles. The van der Waals surface area contributed by atoms with Gasteiger partial charge in [-0.2, -0.15) is 5.26 Å². The molecule has 0 atom stereocenters. The summed E-state index contributed by atoms with van der Waals surface area (Å²) >= 11 is 1.15. The van der Waals surface area contributed by atoms with E-state index in [2.05, 4.69) is 4.98 Å². The summed E-state index contributed by atoms with van der Waals surface area (Å²) in [6, 6.07) is 5.03. The summed E-state index contributed by atoms with van der Waals surface area (Å²) in [5.41, 5.74) is 5.59. The Kier molecular flexibility index (Phi) is 3.65. The van der Waals surface area contributed by atoms with Crippen LogP contribution in [0.4, 0.5) is 8.78 Å². The molecule has 0 aliphatic rings. The molecule has 0 saturated heterocycles. The summed E-state index contributed by atoms with van der Waals surface area (Å²) in [6.45, 7) is 0.392. The van der Waals surface area contributed by atoms with Crippen molar-refractivity contribution in [3.05, 3.63) is 39.7 Å². The highest BCUT2D eigenvalue weighted by molar-refractivity contribution is 7.12. The molecule has 1 heterocycles. The van der Waals surface area contributed by atoms with Gasteiger partial charge in [-0.25, -0.2) is 13.8 Å². The molecule has 18 heavy (non-hydrogen) atoms. The molecule has 0 radical (unpaired) electrons. The standard InChI is InChI=1S/C12H9F2N3S/c13-7-1-2-9(14)8(5-7)12-10(6-16)18-11(17-12)3-4-15/h1-2,5H,3-4,15H2. The van der Waals surface area contributed by atoms with E-state index in [0.29, 0.717) is 18.0 Å². The third kappa shape index (κ3) is 2.37. The van der Waals surface area contributed by atoms with Crippen LogP contribution in [0.1, 0.15) is 9.88 Å². The van der Waals surface area contributed by atoms with Crippen LogP contribution < -0.4 is 5.73 Å². The first-order valence-corrected chi connectivity index (χ1v) is 6.02. The van der Waals surface area contributed by atoms with Crippen molar-refractivity contribution in [2.75, 3.05) is 6.54 Å². The van der Waals surface area contributed by atoms with Crippen LogP contribution in [-0.4, -0.2) is 11.5 Å². The molecule has 0 spiro atoms. The molecule has 0 aliphatic heterocycles. The van der Waals surface area contributed by atoms with Crippen LogP contribution in [0.25, 0.3) is 11.3 Å². The molecule has 2 N–H and O–H groups in total. The van der Waals surface area contributed by atoms with Crippen LogP contribution in [0.2, 0.25) is 0 Å². The normalized spacial score (nSPS) is 10.3. The summed E-state index contributed by atoms with van der Waals surface area (Å²) in [4.78, 5) is 4.42. The minimum atomic E-state index is -0.600. The van der Waals surface area contributed by atoms with Crippen molar-refractivity contribution in [1.82, 2.24) is 4.98 Å². The van der Waals surface area contributed by atoms with E-state index in [1.54, 1.807) is 0 Å². The molecule has 0 amide bonds. The van der Waals surface area contributed by atoms with Gasteiger partial charge in [0, 0.05) is 12.0 Å². The van der Waals surface area contributed by atoms with E-state index in [1.807, 2.05) is 6.07 Å². The van der Waals surface area contributed by atoms with E-state index < -0.39 is 11.6 Å². The molecule has 3 nitrogen and oxygen atoms in total. The van der Waals surface area contributed by atoms with Gasteiger partial charge in [-0.05, 0) is 24.7 Å². The first-order chi connectivity index (χ1) is 8.65. The predicted molar refractivity (Wildman–Crippen MR) is 64.9 cm³/mol. The Labute approximate surface area is 107 Å². The Morgan fingerprint density at radius 2 is 2.17 bits per heavy atom. The fourth-order valence-electron chi connectivity index (χ4n) is 1.53. The van der Waals surface area contributed by atoms with Crippen molar-refractivity contribution >= 4 is 11.3 Å². The molecular formula is C12H9F2N3S. The highest BCUT2D eigenvalue weighted by Crippen LogP contribution is 2.30. The summed E-state index contributed by atoms with van der Waals surface area (Å²) in [5.74, 6) is -1.17. The first-order valence-electron chi connectivity index (χ1n) is 5.21. The van der Waals surface area contributed by atoms with Crippen LogP contribution in [-0.2, 0) is 6.42 Å². The number of nitriles is 1. The monoisotopic (exact) mass is 265 g/mol. The molecule has 2 rings (SSSR count). The van der Waals surface area contributed by atoms with Gasteiger partial charge in [-0.15, -0.1) is 11.3 Å². The number of nitrogens with zero attached hydrogens (tertiary/aromatic N) is 2. The number of benzene rings is 1. The van der Waals surface area contributed by atoms with Crippen molar-refractivity contribution in [2.45, 2.75) is 6.42 Å². The van der Waals surface area contributed by atoms with Crippen LogP contribution >= 0.6 is 11.3 Å². The number of aromatic nitrogens is 1. The zero-order chi connectivity index (χ0) is 13.1. The first kappa shape index (κ1) is 12.6. The largest absolute Gasteiger partial charge is 0.330 e. The molecule has 6 heteroatoms. The maximum Gasteiger partial charge on any atom is 0.132 e. The summed E-state index contributed by atoms with van der Waals surface area (Å²) in [5, 5.41) is 9.64. The quantitative estimate of drug-likeness (QED) is 0.927. The van der Waals surface area contributed by atoms with E-state index >= 15 is 0 Å². The lowest BCUT2D eigenvalue weighted by Gasteiger charge is -2.00. The molecule has 0 unspecified atom stereocenters. The fraction of sp³-hybridized carbons (Fsp3) is 0.167. The van der Waals surface area contributed by atoms with Gasteiger partial charge in [0.25, 0.3) is 0 Å². The molecule has 0 fully saturated rings. The average Bonchev–Trinajstić information content (AvgIpc) is 2.76. The van der Waals surface area contributed by atoms with Gasteiger partial charge < -0.3 is 5.73 Å². The Morgan fingerprint density at radius 3 is 2.83 bits per heavy atom. The lowest BCUT2D eigenvalue weighted by Crippen LogP contribution is -2.02. The second-order valence-electron chi connectivity index (χ2n) is 3.56. The number of hydrogen-bond acceptors (Lipinski definition) is 4. The number of nitrogens with two attached hydrogens (primary N) is 1. The van der Waals surface area contributed by atoms with Crippen molar-refractivity contribution in [3.8, 4) is 17.3 Å². The predicted octanol–water partition coefficient (Wildman–Crippen LogP) is 2.46. The SMILES string of the molecule is N#Cc1sc(CCN)nc1-c1cc(F)ccc1F. The second kappa shape index (κ2) is 5.21. The zero-order valence-corrected chi connectivity index (χ0v) is 10.1. The van der Waals surface area contributed by atoms with Gasteiger partial charge in [0.2, 0.25) is 0 Å². The van der Waals surface area contributed by atoms with Crippen LogP contribution in [0.3, 0.4) is 0 Å². The van der Waals surface area contributed by atoms with Crippen molar-refractivity contribution in [2.24, 2.45) is 5.73 Å². The van der Waals surface area contributed by atoms with E-state index in [9.17, 15) is 8.78 Å². The zero-order valence-electron chi connectivity index (χ0n) is 9.28. The lowest BCUT2D eigenvalue weighted by atomic mass is 10.1. The van der Waals surface area contributed by atoms with Gasteiger partial charge >= 0.3 is 0 Å². The summed E-state index contributed by atoms with van der Waals surface area (Å²) in [7, 11) is 0. The second-order valence-corrected chi connectivity index (χ2v) is 4.64. The lowest BCUT2D eigenvalue weighted by molar-refractivity contribution is 0.602. The average molecular weight is 265 g/mol. The van der Waals surface area contributed by atoms with Crippen LogP contribution in [0, 0.1) is 23.0 Å². The van der Waals surface area contributed by atoms with E-state index in [0.717, 1.165) is 29.5 Å². The molecule has 0 bridgehead atoms. The molecule has 1 aromatic carbocycles. The highest BCUT2D eigenvalue weighted by Gasteiger charge is 2.16. The smallest absolute Gasteiger partial charge is 0.132 e. The summed E-state index contributed by atoms with van der Waals surface area (Å²) in [6.07, 6.45) is 0.510. The Balaban J connectivity index is 2.56. The fourth-order valence-corrected chi connectivity index (χ4v) is 2.42. The molecule has 0 saturated carbocycles. The van der Waals surface area contributed by atoms with Gasteiger partial charge in [-0.1, -0.05) is 0 Å². The minimum Gasteiger partial charge on any atom is -0.330 e. The van der Waals surface area contributed by atoms with Crippen molar-refractivity contribution in [1.29, 1.82) is 5.26 Å². The number of halogens is 2. The maximum atomic E-state index is 13.6. The third-order valence-electron chi connectivity index (χ3n) is 2.31. The van der Waals surface area contributed by atoms with Crippen molar-refractivity contribution in [3.63, 3.8) is 0 Å². The van der Waals surface area contributed by atoms with Crippen molar-refractivity contribution < 1.29 is 8.78 Å². The Bertz CT molecular complexity index is 616. The summed E-state index contributed by atoms with van der Waals surface area (Å²) < 4.78 is 26.8. The van der Waals surface area contributed by atoms with E-state index in [4.69, 9.17) is 11.0 Å². The van der Waals surface area contributed by atoms with E-state index in [-0.39, 0.29) is 16.1 Å².